The van der Waals surface area contributed by atoms with Gasteiger partial charge in [0.2, 0.25) is 5.75 Å². The number of nitrogens with zero attached hydrogens (tertiary/aromatic N) is 5. The Morgan fingerprint density at radius 1 is 1.03 bits per heavy atom. The number of methoxy groups -OCH3 is 2. The summed E-state index contributed by atoms with van der Waals surface area (Å²) in [5.74, 6) is -0.462. The number of rotatable bonds is 9. The number of carbonyl (C=O) groups is 1. The molecule has 0 saturated carbocycles. The number of para-hydroxylation sites is 2. The van der Waals surface area contributed by atoms with Gasteiger partial charge in [-0.25, -0.2) is 14.3 Å². The number of ether oxygens (including phenoxy) is 3. The van der Waals surface area contributed by atoms with E-state index in [4.69, 9.17) is 19.9 Å². The lowest BCUT2D eigenvalue weighted by Crippen LogP contribution is -2.23. The van der Waals surface area contributed by atoms with Gasteiger partial charge >= 0.3 is 0 Å². The van der Waals surface area contributed by atoms with E-state index in [1.165, 1.54) is 44.8 Å². The molecule has 0 fully saturated rings. The third-order valence-corrected chi connectivity index (χ3v) is 5.67. The molecule has 1 amide bonds. The van der Waals surface area contributed by atoms with Crippen LogP contribution in [0.15, 0.2) is 60.9 Å². The third-order valence-electron chi connectivity index (χ3n) is 5.01. The van der Waals surface area contributed by atoms with Crippen LogP contribution in [0.4, 0.5) is 11.6 Å². The number of anilines is 2. The van der Waals surface area contributed by atoms with Gasteiger partial charge in [-0.2, -0.15) is 4.98 Å². The van der Waals surface area contributed by atoms with Crippen molar-refractivity contribution in [3.8, 4) is 34.5 Å². The number of benzene rings is 1. The smallest absolute Gasteiger partial charge is 0.267 e. The van der Waals surface area contributed by atoms with Gasteiger partial charge < -0.3 is 24.5 Å². The number of hydrogen-bond donors (Lipinski definition) is 1. The highest BCUT2D eigenvalue weighted by molar-refractivity contribution is 7.81. The topological polar surface area (TPSA) is 166 Å². The van der Waals surface area contributed by atoms with Crippen LogP contribution in [0.25, 0.3) is 11.4 Å². The molecule has 4 rings (SSSR count). The molecule has 2 N–H and O–H groups in total. The molecule has 12 nitrogen and oxygen atoms in total. The fourth-order valence-corrected chi connectivity index (χ4v) is 3.79. The van der Waals surface area contributed by atoms with E-state index < -0.39 is 17.2 Å². The van der Waals surface area contributed by atoms with Crippen LogP contribution in [0.3, 0.4) is 0 Å². The van der Waals surface area contributed by atoms with E-state index in [1.807, 2.05) is 6.92 Å². The van der Waals surface area contributed by atoms with Gasteiger partial charge in [0.05, 0.1) is 25.5 Å². The lowest BCUT2D eigenvalue weighted by Gasteiger charge is -2.27. The first-order chi connectivity index (χ1) is 17.8. The Bertz CT molecular complexity index is 1470. The van der Waals surface area contributed by atoms with E-state index >= 15 is 0 Å². The van der Waals surface area contributed by atoms with Crippen LogP contribution >= 0.6 is 0 Å². The first-order valence-corrected chi connectivity index (χ1v) is 11.7. The number of hydrogen-bond acceptors (Lipinski definition) is 10. The van der Waals surface area contributed by atoms with Gasteiger partial charge in [0.15, 0.2) is 23.1 Å². The summed E-state index contributed by atoms with van der Waals surface area (Å²) < 4.78 is 42.8. The van der Waals surface area contributed by atoms with Crippen molar-refractivity contribution in [2.24, 2.45) is 5.73 Å². The number of pyridine rings is 2. The predicted molar refractivity (Wildman–Crippen MR) is 133 cm³/mol. The molecule has 13 heteroatoms. The number of aryl methyl sites for hydroxylation is 1. The second-order valence-corrected chi connectivity index (χ2v) is 8.26. The average Bonchev–Trinajstić information content (AvgIpc) is 2.90. The second kappa shape index (κ2) is 11.0. The van der Waals surface area contributed by atoms with Crippen molar-refractivity contribution < 1.29 is 27.8 Å². The summed E-state index contributed by atoms with van der Waals surface area (Å²) in [5, 5.41) is 0. The van der Waals surface area contributed by atoms with Crippen molar-refractivity contribution in [2.75, 3.05) is 18.5 Å². The zero-order valence-corrected chi connectivity index (χ0v) is 20.8. The van der Waals surface area contributed by atoms with Crippen LogP contribution in [0.2, 0.25) is 0 Å². The largest absolute Gasteiger partial charge is 0.755 e. The van der Waals surface area contributed by atoms with E-state index in [9.17, 15) is 13.6 Å². The summed E-state index contributed by atoms with van der Waals surface area (Å²) in [5.41, 5.74) is 6.49. The molecule has 3 aromatic heterocycles. The number of primary amides is 1. The van der Waals surface area contributed by atoms with Crippen molar-refractivity contribution >= 4 is 28.8 Å². The van der Waals surface area contributed by atoms with Crippen molar-refractivity contribution in [3.63, 3.8) is 0 Å². The van der Waals surface area contributed by atoms with E-state index in [2.05, 4.69) is 19.9 Å². The molecule has 0 bridgehead atoms. The molecule has 37 heavy (non-hydrogen) atoms. The normalized spacial score (nSPS) is 11.5. The first-order valence-electron chi connectivity index (χ1n) is 10.7. The monoisotopic (exact) mass is 521 g/mol. The quantitative estimate of drug-likeness (QED) is 0.323. The number of amides is 1. The lowest BCUT2D eigenvalue weighted by molar-refractivity contribution is 0.0995. The molecule has 1 aromatic carbocycles. The van der Waals surface area contributed by atoms with Gasteiger partial charge in [-0.05, 0) is 42.8 Å². The SMILES string of the molecule is COc1ccccc1Oc1c(OC)nc(-c2ccnc(C(N)=O)c2)nc1N(c1ccc(C)cn1)S(=O)[O-]. The molecule has 1 atom stereocenters. The maximum Gasteiger partial charge on any atom is 0.267 e. The maximum atomic E-state index is 12.5. The van der Waals surface area contributed by atoms with Crippen molar-refractivity contribution in [3.05, 3.63) is 72.2 Å². The average molecular weight is 522 g/mol. The fraction of sp³-hybridized carbons (Fsp3) is 0.125. The fourth-order valence-electron chi connectivity index (χ4n) is 3.27. The summed E-state index contributed by atoms with van der Waals surface area (Å²) in [4.78, 5) is 28.7. The summed E-state index contributed by atoms with van der Waals surface area (Å²) >= 11 is -2.90. The molecule has 0 aliphatic carbocycles. The minimum atomic E-state index is -2.90. The van der Waals surface area contributed by atoms with Gasteiger partial charge in [-0.1, -0.05) is 18.2 Å². The van der Waals surface area contributed by atoms with Crippen LogP contribution < -0.4 is 24.2 Å². The van der Waals surface area contributed by atoms with Crippen LogP contribution in [0, 0.1) is 6.92 Å². The molecule has 0 saturated heterocycles. The van der Waals surface area contributed by atoms with E-state index in [1.54, 1.807) is 30.3 Å². The van der Waals surface area contributed by atoms with Gasteiger partial charge in [-0.15, -0.1) is 0 Å². The van der Waals surface area contributed by atoms with Crippen molar-refractivity contribution in [1.29, 1.82) is 0 Å². The number of nitrogens with two attached hydrogens (primary N) is 1. The third kappa shape index (κ3) is 5.47. The Hall–Kier alpha value is -4.62. The maximum absolute atomic E-state index is 12.5. The number of carbonyl (C=O) groups excluding carboxylic acids is 1. The van der Waals surface area contributed by atoms with Crippen LogP contribution in [-0.2, 0) is 11.3 Å². The van der Waals surface area contributed by atoms with Crippen molar-refractivity contribution in [2.45, 2.75) is 6.92 Å². The molecule has 1 unspecified atom stereocenters. The van der Waals surface area contributed by atoms with E-state index in [0.29, 0.717) is 11.3 Å². The first kappa shape index (κ1) is 25.5. The van der Waals surface area contributed by atoms with Gasteiger partial charge in [0.25, 0.3) is 11.8 Å². The Morgan fingerprint density at radius 3 is 2.41 bits per heavy atom. The number of aromatic nitrogens is 4. The van der Waals surface area contributed by atoms with Gasteiger partial charge in [0, 0.05) is 18.0 Å². The minimum absolute atomic E-state index is 0.0201. The Labute approximate surface area is 214 Å². The molecule has 0 aliphatic heterocycles. The Balaban J connectivity index is 1.98. The summed E-state index contributed by atoms with van der Waals surface area (Å²) in [6.07, 6.45) is 2.87. The minimum Gasteiger partial charge on any atom is -0.755 e. The molecule has 4 aromatic rings. The lowest BCUT2D eigenvalue weighted by atomic mass is 10.2. The zero-order chi connectivity index (χ0) is 26.5. The molecular weight excluding hydrogens is 500 g/mol. The second-order valence-electron chi connectivity index (χ2n) is 7.46. The molecule has 190 valence electrons. The van der Waals surface area contributed by atoms with E-state index in [0.717, 1.165) is 9.87 Å². The molecule has 0 spiro atoms. The molecular formula is C24H21N6O6S-. The van der Waals surface area contributed by atoms with Crippen LogP contribution in [0.5, 0.6) is 23.1 Å². The van der Waals surface area contributed by atoms with Crippen molar-refractivity contribution in [1.82, 2.24) is 19.9 Å². The Kier molecular flexibility index (Phi) is 7.55. The standard InChI is InChI=1S/C24H22N6O6S/c1-14-8-9-19(27-13-14)30(37(32)33)23-20(36-18-7-5-4-6-17(18)34-2)24(35-3)29-22(28-23)15-10-11-26-16(12-15)21(25)31/h4-13H,1-3H3,(H2,25,31)(H,32,33)/p-1. The molecule has 0 aliphatic rings. The van der Waals surface area contributed by atoms with Gasteiger partial charge in [-0.3, -0.25) is 14.0 Å². The van der Waals surface area contributed by atoms with E-state index in [-0.39, 0.29) is 40.5 Å². The molecule has 3 heterocycles. The summed E-state index contributed by atoms with van der Waals surface area (Å²) in [7, 11) is 2.81. The predicted octanol–water partition coefficient (Wildman–Crippen LogP) is 3.08. The highest BCUT2D eigenvalue weighted by atomic mass is 32.2. The molecule has 0 radical (unpaired) electrons. The highest BCUT2D eigenvalue weighted by Crippen LogP contribution is 2.44. The van der Waals surface area contributed by atoms with Crippen LogP contribution in [-0.4, -0.2) is 48.8 Å². The van der Waals surface area contributed by atoms with Crippen LogP contribution in [0.1, 0.15) is 16.1 Å². The van der Waals surface area contributed by atoms with Gasteiger partial charge in [0.1, 0.15) is 11.5 Å². The summed E-state index contributed by atoms with van der Waals surface area (Å²) in [6, 6.07) is 12.9. The highest BCUT2D eigenvalue weighted by Gasteiger charge is 2.27. The zero-order valence-electron chi connectivity index (χ0n) is 19.9. The summed E-state index contributed by atoms with van der Waals surface area (Å²) in [6.45, 7) is 1.82. The Morgan fingerprint density at radius 2 is 1.78 bits per heavy atom.